The molecule has 1 saturated carbocycles. The maximum absolute atomic E-state index is 12.5. The molecule has 1 aliphatic carbocycles. The Kier molecular flexibility index (Phi) is 3.65. The normalized spacial score (nSPS) is 14.1. The van der Waals surface area contributed by atoms with Crippen LogP contribution < -0.4 is 0 Å². The number of hydrogen-bond donors (Lipinski definition) is 0. The molecule has 4 nitrogen and oxygen atoms in total. The van der Waals surface area contributed by atoms with Gasteiger partial charge < -0.3 is 4.90 Å². The average Bonchev–Trinajstić information content (AvgIpc) is 3.30. The van der Waals surface area contributed by atoms with Crippen molar-refractivity contribution in [2.45, 2.75) is 25.4 Å². The molecule has 1 amide bonds. The largest absolute Gasteiger partial charge is 0.330 e. The van der Waals surface area contributed by atoms with E-state index < -0.39 is 0 Å². The first-order chi connectivity index (χ1) is 9.74. The van der Waals surface area contributed by atoms with Crippen molar-refractivity contribution in [1.29, 1.82) is 0 Å². The Labute approximate surface area is 122 Å². The summed E-state index contributed by atoms with van der Waals surface area (Å²) in [7, 11) is 0. The lowest BCUT2D eigenvalue weighted by Crippen LogP contribution is -2.33. The predicted octanol–water partition coefficient (Wildman–Crippen LogP) is 2.93. The van der Waals surface area contributed by atoms with Gasteiger partial charge in [-0.05, 0) is 42.7 Å². The van der Waals surface area contributed by atoms with Gasteiger partial charge in [0.05, 0.1) is 0 Å². The van der Waals surface area contributed by atoms with Crippen LogP contribution in [0.2, 0.25) is 5.02 Å². The van der Waals surface area contributed by atoms with E-state index in [9.17, 15) is 4.79 Å². The zero-order valence-corrected chi connectivity index (χ0v) is 11.6. The topological polar surface area (TPSA) is 46.1 Å². The molecule has 0 radical (unpaired) electrons. The maximum Gasteiger partial charge on any atom is 0.274 e. The summed E-state index contributed by atoms with van der Waals surface area (Å²) in [6.45, 7) is 0.556. The van der Waals surface area contributed by atoms with Gasteiger partial charge in [-0.2, -0.15) is 5.10 Å². The highest BCUT2D eigenvalue weighted by Crippen LogP contribution is 2.29. The van der Waals surface area contributed by atoms with Gasteiger partial charge in [-0.15, -0.1) is 5.10 Å². The van der Waals surface area contributed by atoms with Gasteiger partial charge in [-0.3, -0.25) is 4.79 Å². The number of rotatable bonds is 4. The van der Waals surface area contributed by atoms with Gasteiger partial charge in [0.1, 0.15) is 0 Å². The summed E-state index contributed by atoms with van der Waals surface area (Å²) in [6, 6.07) is 11.3. The second kappa shape index (κ2) is 5.59. The van der Waals surface area contributed by atoms with E-state index in [0.717, 1.165) is 18.4 Å². The number of benzene rings is 1. The van der Waals surface area contributed by atoms with Gasteiger partial charge in [0.2, 0.25) is 0 Å². The molecule has 0 unspecified atom stereocenters. The first kappa shape index (κ1) is 13.1. The van der Waals surface area contributed by atoms with Crippen LogP contribution in [-0.2, 0) is 6.54 Å². The zero-order valence-electron chi connectivity index (χ0n) is 10.9. The second-order valence-corrected chi connectivity index (χ2v) is 5.34. The van der Waals surface area contributed by atoms with E-state index in [1.165, 1.54) is 0 Å². The molecule has 3 rings (SSSR count). The summed E-state index contributed by atoms with van der Waals surface area (Å²) in [5.74, 6) is -0.0689. The minimum absolute atomic E-state index is 0.0689. The number of hydrogen-bond acceptors (Lipinski definition) is 3. The molecule has 0 spiro atoms. The lowest BCUT2D eigenvalue weighted by atomic mass is 10.2. The van der Waals surface area contributed by atoms with Gasteiger partial charge in [-0.25, -0.2) is 0 Å². The van der Waals surface area contributed by atoms with Crippen LogP contribution in [0.25, 0.3) is 0 Å². The third-order valence-electron chi connectivity index (χ3n) is 3.28. The van der Waals surface area contributed by atoms with E-state index >= 15 is 0 Å². The van der Waals surface area contributed by atoms with Crippen molar-refractivity contribution >= 4 is 17.5 Å². The van der Waals surface area contributed by atoms with Crippen molar-refractivity contribution < 1.29 is 4.79 Å². The highest BCUT2D eigenvalue weighted by Gasteiger charge is 2.33. The van der Waals surface area contributed by atoms with Crippen LogP contribution in [0, 0.1) is 0 Å². The molecule has 2 aromatic rings. The molecule has 1 fully saturated rings. The summed E-state index contributed by atoms with van der Waals surface area (Å²) in [5, 5.41) is 8.36. The molecule has 20 heavy (non-hydrogen) atoms. The summed E-state index contributed by atoms with van der Waals surface area (Å²) >= 11 is 5.99. The van der Waals surface area contributed by atoms with Gasteiger partial charge >= 0.3 is 0 Å². The smallest absolute Gasteiger partial charge is 0.274 e. The van der Waals surface area contributed by atoms with E-state index in [0.29, 0.717) is 23.3 Å². The lowest BCUT2D eigenvalue weighted by molar-refractivity contribution is 0.0722. The molecule has 5 heteroatoms. The average molecular weight is 288 g/mol. The van der Waals surface area contributed by atoms with Crippen LogP contribution >= 0.6 is 11.6 Å². The molecule has 0 saturated heterocycles. The van der Waals surface area contributed by atoms with Gasteiger partial charge in [0.25, 0.3) is 5.91 Å². The van der Waals surface area contributed by atoms with E-state index in [2.05, 4.69) is 10.2 Å². The third kappa shape index (κ3) is 2.96. The van der Waals surface area contributed by atoms with Crippen molar-refractivity contribution in [3.8, 4) is 0 Å². The molecule has 0 aliphatic heterocycles. The first-order valence-corrected chi connectivity index (χ1v) is 6.95. The van der Waals surface area contributed by atoms with Gasteiger partial charge in [0, 0.05) is 23.8 Å². The standard InChI is InChI=1S/C15H14ClN3O/c16-12-4-1-3-11(9-12)10-19(13-6-7-13)15(20)14-5-2-8-17-18-14/h1-5,8-9,13H,6-7,10H2. The van der Waals surface area contributed by atoms with E-state index in [1.807, 2.05) is 29.2 Å². The first-order valence-electron chi connectivity index (χ1n) is 6.57. The van der Waals surface area contributed by atoms with E-state index in [4.69, 9.17) is 11.6 Å². The number of amides is 1. The molecule has 1 aromatic carbocycles. The Morgan fingerprint density at radius 1 is 1.30 bits per heavy atom. The monoisotopic (exact) mass is 287 g/mol. The van der Waals surface area contributed by atoms with Crippen LogP contribution in [0.5, 0.6) is 0 Å². The third-order valence-corrected chi connectivity index (χ3v) is 3.52. The number of aromatic nitrogens is 2. The SMILES string of the molecule is O=C(c1cccnn1)N(Cc1cccc(Cl)c1)C1CC1. The Morgan fingerprint density at radius 2 is 2.15 bits per heavy atom. The van der Waals surface area contributed by atoms with Crippen LogP contribution in [0.15, 0.2) is 42.6 Å². The second-order valence-electron chi connectivity index (χ2n) is 4.90. The maximum atomic E-state index is 12.5. The quantitative estimate of drug-likeness (QED) is 0.868. The van der Waals surface area contributed by atoms with Crippen LogP contribution in [0.3, 0.4) is 0 Å². The molecule has 0 N–H and O–H groups in total. The molecule has 102 valence electrons. The highest BCUT2D eigenvalue weighted by molar-refractivity contribution is 6.30. The van der Waals surface area contributed by atoms with Crippen molar-refractivity contribution in [3.05, 3.63) is 58.9 Å². The van der Waals surface area contributed by atoms with Crippen LogP contribution in [-0.4, -0.2) is 27.0 Å². The van der Waals surface area contributed by atoms with Gasteiger partial charge in [-0.1, -0.05) is 23.7 Å². The molecular formula is C15H14ClN3O. The van der Waals surface area contributed by atoms with Crippen LogP contribution in [0.1, 0.15) is 28.9 Å². The molecule has 0 atom stereocenters. The summed E-state index contributed by atoms with van der Waals surface area (Å²) in [6.07, 6.45) is 3.66. The minimum Gasteiger partial charge on any atom is -0.330 e. The molecular weight excluding hydrogens is 274 g/mol. The predicted molar refractivity (Wildman–Crippen MR) is 76.4 cm³/mol. The molecule has 1 heterocycles. The highest BCUT2D eigenvalue weighted by atomic mass is 35.5. The lowest BCUT2D eigenvalue weighted by Gasteiger charge is -2.22. The van der Waals surface area contributed by atoms with Crippen molar-refractivity contribution in [2.75, 3.05) is 0 Å². The summed E-state index contributed by atoms with van der Waals surface area (Å²) in [5.41, 5.74) is 1.42. The fourth-order valence-corrected chi connectivity index (χ4v) is 2.36. The minimum atomic E-state index is -0.0689. The number of carbonyl (C=O) groups is 1. The number of halogens is 1. The molecule has 1 aromatic heterocycles. The Balaban J connectivity index is 1.81. The van der Waals surface area contributed by atoms with E-state index in [-0.39, 0.29) is 5.91 Å². The Morgan fingerprint density at radius 3 is 2.80 bits per heavy atom. The number of carbonyl (C=O) groups excluding carboxylic acids is 1. The van der Waals surface area contributed by atoms with Gasteiger partial charge in [0.15, 0.2) is 5.69 Å². The van der Waals surface area contributed by atoms with Crippen molar-refractivity contribution in [2.24, 2.45) is 0 Å². The Bertz CT molecular complexity index is 614. The van der Waals surface area contributed by atoms with Crippen molar-refractivity contribution in [1.82, 2.24) is 15.1 Å². The number of nitrogens with zero attached hydrogens (tertiary/aromatic N) is 3. The summed E-state index contributed by atoms with van der Waals surface area (Å²) in [4.78, 5) is 14.4. The fourth-order valence-electron chi connectivity index (χ4n) is 2.15. The van der Waals surface area contributed by atoms with Crippen LogP contribution in [0.4, 0.5) is 0 Å². The molecule has 0 bridgehead atoms. The summed E-state index contributed by atoms with van der Waals surface area (Å²) < 4.78 is 0. The Hall–Kier alpha value is -1.94. The fraction of sp³-hybridized carbons (Fsp3) is 0.267. The zero-order chi connectivity index (χ0) is 13.9. The van der Waals surface area contributed by atoms with Crippen molar-refractivity contribution in [3.63, 3.8) is 0 Å². The van der Waals surface area contributed by atoms with E-state index in [1.54, 1.807) is 18.3 Å². The molecule has 1 aliphatic rings.